The zero-order valence-electron chi connectivity index (χ0n) is 14.8. The Balaban J connectivity index is 1.87. The van der Waals surface area contributed by atoms with Crippen molar-refractivity contribution in [2.24, 2.45) is 11.1 Å². The first kappa shape index (κ1) is 18.5. The minimum absolute atomic E-state index is 0.171. The van der Waals surface area contributed by atoms with E-state index >= 15 is 0 Å². The van der Waals surface area contributed by atoms with Gasteiger partial charge in [-0.3, -0.25) is 0 Å². The van der Waals surface area contributed by atoms with Crippen molar-refractivity contribution in [2.45, 2.75) is 77.2 Å². The SMILES string of the molecule is N#CC1CCCCCCCCC/C(=N\OCc2ccccc2)CC1. The quantitative estimate of drug-likeness (QED) is 0.639. The van der Waals surface area contributed by atoms with Crippen LogP contribution in [0.4, 0.5) is 0 Å². The van der Waals surface area contributed by atoms with Crippen LogP contribution in [0.15, 0.2) is 35.5 Å². The molecular formula is C21H30N2O. The van der Waals surface area contributed by atoms with E-state index in [-0.39, 0.29) is 5.92 Å². The molecule has 0 bridgehead atoms. The number of rotatable bonds is 3. The van der Waals surface area contributed by atoms with E-state index in [9.17, 15) is 5.26 Å². The average molecular weight is 326 g/mol. The highest BCUT2D eigenvalue weighted by Crippen LogP contribution is 2.20. The third-order valence-corrected chi connectivity index (χ3v) is 4.75. The highest BCUT2D eigenvalue weighted by atomic mass is 16.6. The van der Waals surface area contributed by atoms with Gasteiger partial charge in [0.15, 0.2) is 0 Å². The van der Waals surface area contributed by atoms with Crippen molar-refractivity contribution >= 4 is 5.71 Å². The molecule has 1 unspecified atom stereocenters. The Hall–Kier alpha value is -1.82. The van der Waals surface area contributed by atoms with Crippen LogP contribution >= 0.6 is 0 Å². The number of oxime groups is 1. The zero-order valence-corrected chi connectivity index (χ0v) is 14.8. The molecule has 0 amide bonds. The third kappa shape index (κ3) is 7.64. The molecule has 3 nitrogen and oxygen atoms in total. The summed E-state index contributed by atoms with van der Waals surface area (Å²) in [5, 5.41) is 13.7. The minimum Gasteiger partial charge on any atom is -0.391 e. The summed E-state index contributed by atoms with van der Waals surface area (Å²) in [5.41, 5.74) is 2.27. The number of hydrogen-bond donors (Lipinski definition) is 0. The molecule has 0 heterocycles. The van der Waals surface area contributed by atoms with E-state index in [1.807, 2.05) is 18.2 Å². The summed E-state index contributed by atoms with van der Waals surface area (Å²) in [6, 6.07) is 12.6. The molecule has 1 saturated carbocycles. The van der Waals surface area contributed by atoms with Gasteiger partial charge in [0.05, 0.1) is 11.8 Å². The van der Waals surface area contributed by atoms with E-state index in [2.05, 4.69) is 23.4 Å². The van der Waals surface area contributed by atoms with Crippen LogP contribution in [0.2, 0.25) is 0 Å². The molecule has 130 valence electrons. The van der Waals surface area contributed by atoms with Gasteiger partial charge in [-0.15, -0.1) is 0 Å². The number of nitriles is 1. The second kappa shape index (κ2) is 11.7. The third-order valence-electron chi connectivity index (χ3n) is 4.75. The fourth-order valence-electron chi connectivity index (χ4n) is 3.21. The lowest BCUT2D eigenvalue weighted by Gasteiger charge is -2.10. The van der Waals surface area contributed by atoms with Gasteiger partial charge in [-0.1, -0.05) is 74.0 Å². The Morgan fingerprint density at radius 3 is 2.38 bits per heavy atom. The predicted molar refractivity (Wildman–Crippen MR) is 98.6 cm³/mol. The van der Waals surface area contributed by atoms with Gasteiger partial charge in [0.1, 0.15) is 6.61 Å². The van der Waals surface area contributed by atoms with E-state index in [1.165, 1.54) is 44.9 Å². The summed E-state index contributed by atoms with van der Waals surface area (Å²) < 4.78 is 0. The lowest BCUT2D eigenvalue weighted by molar-refractivity contribution is 0.129. The summed E-state index contributed by atoms with van der Waals surface area (Å²) in [6.07, 6.45) is 12.8. The Bertz CT molecular complexity index is 518. The van der Waals surface area contributed by atoms with Gasteiger partial charge in [-0.25, -0.2) is 0 Å². The molecule has 0 spiro atoms. The lowest BCUT2D eigenvalue weighted by Crippen LogP contribution is -2.05. The molecule has 3 heteroatoms. The van der Waals surface area contributed by atoms with Crippen molar-refractivity contribution in [2.75, 3.05) is 0 Å². The van der Waals surface area contributed by atoms with Crippen LogP contribution in [0.3, 0.4) is 0 Å². The molecule has 0 aromatic heterocycles. The highest BCUT2D eigenvalue weighted by molar-refractivity contribution is 5.83. The van der Waals surface area contributed by atoms with Gasteiger partial charge in [0, 0.05) is 5.92 Å². The Morgan fingerprint density at radius 2 is 1.62 bits per heavy atom. The Morgan fingerprint density at radius 1 is 0.917 bits per heavy atom. The van der Waals surface area contributed by atoms with Crippen molar-refractivity contribution in [3.63, 3.8) is 0 Å². The van der Waals surface area contributed by atoms with Crippen LogP contribution in [-0.2, 0) is 11.4 Å². The average Bonchev–Trinajstić information content (AvgIpc) is 2.64. The largest absolute Gasteiger partial charge is 0.391 e. The van der Waals surface area contributed by atoms with Crippen molar-refractivity contribution in [3.8, 4) is 6.07 Å². The molecule has 0 aliphatic heterocycles. The highest BCUT2D eigenvalue weighted by Gasteiger charge is 2.11. The van der Waals surface area contributed by atoms with E-state index in [1.54, 1.807) is 0 Å². The first-order chi connectivity index (χ1) is 11.9. The molecule has 2 rings (SSSR count). The summed E-state index contributed by atoms with van der Waals surface area (Å²) in [4.78, 5) is 5.58. The topological polar surface area (TPSA) is 45.4 Å². The summed E-state index contributed by atoms with van der Waals surface area (Å²) >= 11 is 0. The fraction of sp³-hybridized carbons (Fsp3) is 0.619. The minimum atomic E-state index is 0.171. The van der Waals surface area contributed by atoms with E-state index in [0.717, 1.165) is 37.0 Å². The van der Waals surface area contributed by atoms with Crippen LogP contribution < -0.4 is 0 Å². The van der Waals surface area contributed by atoms with Crippen LogP contribution in [0, 0.1) is 17.2 Å². The normalized spacial score (nSPS) is 22.6. The number of nitrogens with zero attached hydrogens (tertiary/aromatic N) is 2. The van der Waals surface area contributed by atoms with Gasteiger partial charge in [-0.05, 0) is 37.7 Å². The fourth-order valence-corrected chi connectivity index (χ4v) is 3.21. The molecule has 1 aromatic carbocycles. The first-order valence-corrected chi connectivity index (χ1v) is 9.49. The molecule has 1 aliphatic rings. The van der Waals surface area contributed by atoms with Gasteiger partial charge in [0.2, 0.25) is 0 Å². The monoisotopic (exact) mass is 326 g/mol. The zero-order chi connectivity index (χ0) is 16.9. The van der Waals surface area contributed by atoms with Crippen LogP contribution in [0.25, 0.3) is 0 Å². The van der Waals surface area contributed by atoms with Crippen molar-refractivity contribution in [3.05, 3.63) is 35.9 Å². The summed E-state index contributed by atoms with van der Waals surface area (Å²) in [7, 11) is 0. The standard InChI is InChI=1S/C21H30N2O/c22-17-19-11-7-4-2-1-3-5-10-14-21(16-15-19)23-24-18-20-12-8-6-9-13-20/h6,8-9,12-13,19H,1-5,7,10-11,14-16,18H2/b23-21+. The molecule has 1 atom stereocenters. The van der Waals surface area contributed by atoms with Crippen molar-refractivity contribution in [1.29, 1.82) is 5.26 Å². The van der Waals surface area contributed by atoms with Crippen molar-refractivity contribution < 1.29 is 4.84 Å². The van der Waals surface area contributed by atoms with E-state index < -0.39 is 0 Å². The summed E-state index contributed by atoms with van der Waals surface area (Å²) in [5.74, 6) is 0.171. The van der Waals surface area contributed by atoms with Gasteiger partial charge in [-0.2, -0.15) is 5.26 Å². The second-order valence-corrected chi connectivity index (χ2v) is 6.79. The van der Waals surface area contributed by atoms with Crippen LogP contribution in [0.1, 0.15) is 76.2 Å². The molecule has 1 fully saturated rings. The smallest absolute Gasteiger partial charge is 0.142 e. The Labute approximate surface area is 146 Å². The number of hydrogen-bond acceptors (Lipinski definition) is 3. The molecule has 0 N–H and O–H groups in total. The van der Waals surface area contributed by atoms with E-state index in [4.69, 9.17) is 4.84 Å². The molecule has 0 radical (unpaired) electrons. The van der Waals surface area contributed by atoms with Crippen LogP contribution in [0.5, 0.6) is 0 Å². The lowest BCUT2D eigenvalue weighted by atomic mass is 9.95. The van der Waals surface area contributed by atoms with E-state index in [0.29, 0.717) is 6.61 Å². The maximum atomic E-state index is 9.34. The van der Waals surface area contributed by atoms with Crippen molar-refractivity contribution in [1.82, 2.24) is 0 Å². The van der Waals surface area contributed by atoms with Gasteiger partial charge >= 0.3 is 0 Å². The molecule has 24 heavy (non-hydrogen) atoms. The molecular weight excluding hydrogens is 296 g/mol. The maximum absolute atomic E-state index is 9.34. The molecule has 1 aliphatic carbocycles. The van der Waals surface area contributed by atoms with Gasteiger partial charge < -0.3 is 4.84 Å². The number of benzene rings is 1. The Kier molecular flexibility index (Phi) is 9.01. The first-order valence-electron chi connectivity index (χ1n) is 9.49. The molecule has 1 aromatic rings. The second-order valence-electron chi connectivity index (χ2n) is 6.79. The maximum Gasteiger partial charge on any atom is 0.142 e. The predicted octanol–water partition coefficient (Wildman–Crippen LogP) is 6.00. The van der Waals surface area contributed by atoms with Gasteiger partial charge in [0.25, 0.3) is 0 Å². The van der Waals surface area contributed by atoms with Crippen LogP contribution in [-0.4, -0.2) is 5.71 Å². The molecule has 0 saturated heterocycles. The summed E-state index contributed by atoms with van der Waals surface area (Å²) in [6.45, 7) is 0.520.